The number of ketones is 2. The van der Waals surface area contributed by atoms with Crippen LogP contribution in [0.25, 0.3) is 0 Å². The van der Waals surface area contributed by atoms with Crippen molar-refractivity contribution in [1.29, 1.82) is 0 Å². The van der Waals surface area contributed by atoms with Gasteiger partial charge in [-0.25, -0.2) is 4.98 Å². The Balaban J connectivity index is 2.40. The second-order valence-corrected chi connectivity index (χ2v) is 22.5. The number of benzene rings is 1. The molecule has 6 amide bonds. The highest BCUT2D eigenvalue weighted by Crippen LogP contribution is 2.33. The number of hydrogen-bond donors (Lipinski definition) is 6. The number of ether oxygens (including phenoxy) is 2. The van der Waals surface area contributed by atoms with Gasteiger partial charge in [-0.15, -0.1) is 24.2 Å². The van der Waals surface area contributed by atoms with E-state index in [4.69, 9.17) is 22.3 Å². The Labute approximate surface area is 462 Å². The number of carbonyl (C=O) groups is 10. The molecule has 1 aromatic heterocycles. The summed E-state index contributed by atoms with van der Waals surface area (Å²) >= 11 is 1.09. The second-order valence-electron chi connectivity index (χ2n) is 21.6. The number of hydrogen-bond acceptors (Lipinski definition) is 16. The van der Waals surface area contributed by atoms with Crippen molar-refractivity contribution in [3.05, 3.63) is 39.8 Å². The van der Waals surface area contributed by atoms with E-state index in [1.165, 1.54) is 31.4 Å². The van der Waals surface area contributed by atoms with E-state index in [2.05, 4.69) is 31.6 Å². The lowest BCUT2D eigenvalue weighted by Gasteiger charge is -2.38. The van der Waals surface area contributed by atoms with Crippen molar-refractivity contribution in [3.63, 3.8) is 0 Å². The summed E-state index contributed by atoms with van der Waals surface area (Å²) in [5.41, 5.74) is -1.19. The summed E-state index contributed by atoms with van der Waals surface area (Å²) in [7, 11) is 5.33. The van der Waals surface area contributed by atoms with Gasteiger partial charge in [0, 0.05) is 56.6 Å². The number of anilines is 1. The molecule has 3 unspecified atom stereocenters. The van der Waals surface area contributed by atoms with E-state index in [9.17, 15) is 53.1 Å². The minimum atomic E-state index is -1.48. The Bertz CT molecular complexity index is 2560. The minimum absolute atomic E-state index is 0.0180. The SMILES string of the molecule is C#CC(=O)CC(NC(=O)C#C)C(=O)NC(C)C(=O)NCC(=O)Nc1cc(C[C@@H](CC(C)C(=O)OC(C)(C)C)NC(=O)c2csc([C@@H](C[C@H](C(C)C)N(C)C(=O)[C@@H](CC(=O)C(C)(C)N(C)C)[C@@H](C)CC)OC(C)=O)n2)ccc1O. The van der Waals surface area contributed by atoms with Crippen molar-refractivity contribution < 1.29 is 62.5 Å². The highest BCUT2D eigenvalue weighted by atomic mass is 32.1. The van der Waals surface area contributed by atoms with Crippen LogP contribution in [0, 0.1) is 48.4 Å². The lowest BCUT2D eigenvalue weighted by molar-refractivity contribution is -0.160. The van der Waals surface area contributed by atoms with E-state index < -0.39 is 113 Å². The van der Waals surface area contributed by atoms with Gasteiger partial charge >= 0.3 is 11.9 Å². The maximum Gasteiger partial charge on any atom is 0.309 e. The highest BCUT2D eigenvalue weighted by Gasteiger charge is 2.39. The molecule has 78 heavy (non-hydrogen) atoms. The van der Waals surface area contributed by atoms with Crippen molar-refractivity contribution in [2.75, 3.05) is 33.0 Å². The van der Waals surface area contributed by atoms with Gasteiger partial charge in [-0.2, -0.15) is 0 Å². The summed E-state index contributed by atoms with van der Waals surface area (Å²) in [6.45, 7) is 20.2. The van der Waals surface area contributed by atoms with Crippen LogP contribution in [-0.4, -0.2) is 142 Å². The summed E-state index contributed by atoms with van der Waals surface area (Å²) in [4.78, 5) is 138. The van der Waals surface area contributed by atoms with Crippen LogP contribution in [0.5, 0.6) is 5.75 Å². The number of carbonyl (C=O) groups excluding carboxylic acids is 10. The zero-order valence-electron chi connectivity index (χ0n) is 47.7. The molecule has 1 aromatic carbocycles. The molecule has 0 fully saturated rings. The Morgan fingerprint density at radius 3 is 2.05 bits per heavy atom. The Kier molecular flexibility index (Phi) is 25.8. The average molecular weight is 1110 g/mol. The molecule has 0 aliphatic heterocycles. The zero-order valence-corrected chi connectivity index (χ0v) is 48.5. The molecule has 2 rings (SSSR count). The second kappa shape index (κ2) is 30.1. The van der Waals surface area contributed by atoms with Crippen LogP contribution in [-0.2, 0) is 59.0 Å². The number of phenols is 1. The number of aromatic nitrogens is 1. The summed E-state index contributed by atoms with van der Waals surface area (Å²) in [5.74, 6) is -4.73. The Hall–Kier alpha value is -7.17. The molecule has 22 heteroatoms. The third-order valence-electron chi connectivity index (χ3n) is 13.3. The molecule has 8 atom stereocenters. The maximum atomic E-state index is 14.4. The average Bonchev–Trinajstić information content (AvgIpc) is 3.86. The van der Waals surface area contributed by atoms with E-state index in [-0.39, 0.29) is 66.3 Å². The number of Topliss-reactive ketones (excluding diaryl/α,β-unsaturated/α-hetero) is 2. The molecule has 0 radical (unpaired) electrons. The van der Waals surface area contributed by atoms with Gasteiger partial charge in [0.25, 0.3) is 11.8 Å². The van der Waals surface area contributed by atoms with Gasteiger partial charge in [0.15, 0.2) is 11.9 Å². The summed E-state index contributed by atoms with van der Waals surface area (Å²) in [6, 6.07) is 0.301. The van der Waals surface area contributed by atoms with Crippen LogP contribution in [0.2, 0.25) is 0 Å². The molecule has 6 N–H and O–H groups in total. The van der Waals surface area contributed by atoms with Gasteiger partial charge in [0.1, 0.15) is 34.1 Å². The fourth-order valence-corrected chi connectivity index (χ4v) is 8.84. The normalized spacial score (nSPS) is 14.6. The summed E-state index contributed by atoms with van der Waals surface area (Å²) in [6.07, 6.45) is 9.57. The van der Waals surface area contributed by atoms with Gasteiger partial charge in [-0.1, -0.05) is 47.1 Å². The van der Waals surface area contributed by atoms with Gasteiger partial charge in [-0.05, 0) is 110 Å². The first kappa shape index (κ1) is 66.9. The van der Waals surface area contributed by atoms with Gasteiger partial charge < -0.3 is 46.1 Å². The number of rotatable bonds is 29. The number of likely N-dealkylation sites (N-methyl/N-ethyl adjacent to an activating group) is 1. The molecule has 0 saturated carbocycles. The van der Waals surface area contributed by atoms with Crippen LogP contribution < -0.4 is 26.6 Å². The predicted molar refractivity (Wildman–Crippen MR) is 294 cm³/mol. The monoisotopic (exact) mass is 1100 g/mol. The molecule has 428 valence electrons. The van der Waals surface area contributed by atoms with Crippen molar-refractivity contribution >= 4 is 76.0 Å². The Morgan fingerprint density at radius 2 is 1.50 bits per heavy atom. The largest absolute Gasteiger partial charge is 0.506 e. The van der Waals surface area contributed by atoms with Crippen molar-refractivity contribution in [1.82, 2.24) is 36.1 Å². The number of thiazole rings is 1. The van der Waals surface area contributed by atoms with Crippen LogP contribution >= 0.6 is 11.3 Å². The van der Waals surface area contributed by atoms with E-state index in [0.29, 0.717) is 17.0 Å². The molecule has 0 saturated heterocycles. The smallest absolute Gasteiger partial charge is 0.309 e. The fourth-order valence-electron chi connectivity index (χ4n) is 8.00. The molecular weight excluding hydrogens is 1020 g/mol. The molecule has 0 bridgehead atoms. The van der Waals surface area contributed by atoms with Crippen LogP contribution in [0.4, 0.5) is 5.69 Å². The lowest BCUT2D eigenvalue weighted by Crippen LogP contribution is -2.53. The molecular formula is C56H80N8O13S. The van der Waals surface area contributed by atoms with Gasteiger partial charge in [-0.3, -0.25) is 52.8 Å². The van der Waals surface area contributed by atoms with Crippen LogP contribution in [0.1, 0.15) is 142 Å². The lowest BCUT2D eigenvalue weighted by atomic mass is 9.81. The highest BCUT2D eigenvalue weighted by molar-refractivity contribution is 7.09. The van der Waals surface area contributed by atoms with E-state index in [0.717, 1.165) is 11.3 Å². The van der Waals surface area contributed by atoms with E-state index in [1.807, 2.05) is 66.5 Å². The van der Waals surface area contributed by atoms with Crippen LogP contribution in [0.15, 0.2) is 23.6 Å². The van der Waals surface area contributed by atoms with E-state index in [1.54, 1.807) is 51.6 Å². The van der Waals surface area contributed by atoms with Crippen molar-refractivity contribution in [3.8, 4) is 30.4 Å². The fraction of sp³-hybridized carbons (Fsp3) is 0.589. The number of aromatic hydroxyl groups is 1. The molecule has 2 aromatic rings. The van der Waals surface area contributed by atoms with Crippen LogP contribution in [0.3, 0.4) is 0 Å². The zero-order chi connectivity index (χ0) is 59.6. The van der Waals surface area contributed by atoms with Gasteiger partial charge in [0.2, 0.25) is 29.4 Å². The number of phenolic OH excluding ortho intramolecular Hbond substituents is 1. The topological polar surface area (TPSA) is 289 Å². The maximum absolute atomic E-state index is 14.4. The summed E-state index contributed by atoms with van der Waals surface area (Å²) in [5, 5.41) is 24.9. The first-order valence-electron chi connectivity index (χ1n) is 25.8. The standard InChI is InChI=1S/C56H80N8O13S/c1-18-32(6)39(27-46(68)56(13,14)63(15)16)53(74)64(17)43(31(4)5)28-45(76-35(9)65)52-62-42(30-78-52)51(73)59-37(23-33(7)54(75)77-55(10,11)12)24-36-21-22-44(67)40(25-36)60-48(70)29-57-49(71)34(8)58-50(72)41(26-38(66)19-2)61-47(69)20-3/h2-3,21-22,25,30-34,37,39,41,43,45,67H,18,23-24,26-29H2,1,4-17H3,(H,57,71)(H,58,72)(H,59,73)(H,60,70)(H,61,69)/t32-,33?,34?,37+,39-,41?,43+,45+/m0/s1. The number of terminal acetylenes is 2. The number of nitrogens with zero attached hydrogens (tertiary/aromatic N) is 3. The van der Waals surface area contributed by atoms with Crippen molar-refractivity contribution in [2.24, 2.45) is 23.7 Å². The van der Waals surface area contributed by atoms with E-state index >= 15 is 0 Å². The number of esters is 2. The minimum Gasteiger partial charge on any atom is -0.506 e. The molecule has 1 heterocycles. The first-order chi connectivity index (χ1) is 36.1. The number of amides is 6. The molecule has 0 aliphatic rings. The quantitative estimate of drug-likeness (QED) is 0.0287. The third-order valence-corrected chi connectivity index (χ3v) is 14.3. The number of nitrogens with one attached hydrogen (secondary N) is 5. The first-order valence-corrected chi connectivity index (χ1v) is 26.6. The van der Waals surface area contributed by atoms with Gasteiger partial charge in [0.05, 0.1) is 23.7 Å². The molecule has 0 spiro atoms. The predicted octanol–water partition coefficient (Wildman–Crippen LogP) is 4.27. The summed E-state index contributed by atoms with van der Waals surface area (Å²) < 4.78 is 11.5. The van der Waals surface area contributed by atoms with Crippen molar-refractivity contribution in [2.45, 2.75) is 163 Å². The Morgan fingerprint density at radius 1 is 0.859 bits per heavy atom. The third kappa shape index (κ3) is 21.0. The molecule has 0 aliphatic carbocycles. The molecule has 21 nitrogen and oxygen atoms in total.